The molecule has 138 valence electrons. The van der Waals surface area contributed by atoms with Crippen molar-refractivity contribution >= 4 is 5.97 Å². The van der Waals surface area contributed by atoms with Crippen LogP contribution in [0.5, 0.6) is 5.75 Å². The SMILES string of the molecule is Cc1cc(C)cc(C2C(=O)Oc3c2cc(C(C)(C)C)cc3C(C)(C)C)c1. The lowest BCUT2D eigenvalue weighted by Crippen LogP contribution is -2.17. The molecule has 0 saturated heterocycles. The molecule has 0 amide bonds. The number of aryl methyl sites for hydroxylation is 2. The van der Waals surface area contributed by atoms with Gasteiger partial charge in [-0.1, -0.05) is 83.0 Å². The van der Waals surface area contributed by atoms with Crippen LogP contribution in [0, 0.1) is 13.8 Å². The van der Waals surface area contributed by atoms with E-state index in [1.54, 1.807) is 0 Å². The van der Waals surface area contributed by atoms with E-state index >= 15 is 0 Å². The number of carbonyl (C=O) groups is 1. The van der Waals surface area contributed by atoms with Gasteiger partial charge in [0.2, 0.25) is 0 Å². The quantitative estimate of drug-likeness (QED) is 0.469. The Bertz CT molecular complexity index is 856. The van der Waals surface area contributed by atoms with Crippen molar-refractivity contribution < 1.29 is 9.53 Å². The second kappa shape index (κ2) is 5.97. The van der Waals surface area contributed by atoms with Crippen LogP contribution in [-0.2, 0) is 15.6 Å². The van der Waals surface area contributed by atoms with Crippen LogP contribution in [0.1, 0.15) is 80.8 Å². The van der Waals surface area contributed by atoms with Gasteiger partial charge in [0.15, 0.2) is 0 Å². The van der Waals surface area contributed by atoms with Crippen molar-refractivity contribution in [2.24, 2.45) is 0 Å². The number of fused-ring (bicyclic) bond motifs is 1. The van der Waals surface area contributed by atoms with Gasteiger partial charge in [-0.25, -0.2) is 0 Å². The topological polar surface area (TPSA) is 26.3 Å². The van der Waals surface area contributed by atoms with Crippen molar-refractivity contribution in [2.45, 2.75) is 72.1 Å². The Morgan fingerprint density at radius 1 is 0.808 bits per heavy atom. The fraction of sp³-hybridized carbons (Fsp3) is 0.458. The highest BCUT2D eigenvalue weighted by Gasteiger charge is 2.39. The molecule has 0 spiro atoms. The number of hydrogen-bond donors (Lipinski definition) is 0. The minimum atomic E-state index is -0.341. The standard InChI is InChI=1S/C24H30O2/c1-14-9-15(2)11-16(10-14)20-18-12-17(23(3,4)5)13-19(24(6,7)8)21(18)26-22(20)25/h9-13,20H,1-8H3. The molecule has 2 aromatic rings. The molecule has 0 saturated carbocycles. The zero-order valence-electron chi connectivity index (χ0n) is 17.3. The predicted octanol–water partition coefficient (Wildman–Crippen LogP) is 5.95. The Morgan fingerprint density at radius 2 is 1.38 bits per heavy atom. The van der Waals surface area contributed by atoms with Crippen LogP contribution in [0.2, 0.25) is 0 Å². The third kappa shape index (κ3) is 3.30. The molecule has 1 unspecified atom stereocenters. The molecule has 2 heteroatoms. The molecule has 2 nitrogen and oxygen atoms in total. The van der Waals surface area contributed by atoms with Gasteiger partial charge in [0.05, 0.1) is 0 Å². The Kier molecular flexibility index (Phi) is 4.29. The molecule has 3 rings (SSSR count). The van der Waals surface area contributed by atoms with Gasteiger partial charge in [-0.05, 0) is 35.8 Å². The summed E-state index contributed by atoms with van der Waals surface area (Å²) in [6, 6.07) is 10.7. The highest BCUT2D eigenvalue weighted by Crippen LogP contribution is 2.47. The second-order valence-corrected chi connectivity index (χ2v) is 9.72. The lowest BCUT2D eigenvalue weighted by molar-refractivity contribution is -0.133. The zero-order chi connectivity index (χ0) is 19.4. The van der Waals surface area contributed by atoms with Crippen LogP contribution >= 0.6 is 0 Å². The molecule has 0 fully saturated rings. The molecule has 0 N–H and O–H groups in total. The number of hydrogen-bond acceptors (Lipinski definition) is 2. The van der Waals surface area contributed by atoms with E-state index in [2.05, 4.69) is 85.7 Å². The first-order valence-corrected chi connectivity index (χ1v) is 9.37. The summed E-state index contributed by atoms with van der Waals surface area (Å²) in [5, 5.41) is 0. The van der Waals surface area contributed by atoms with Crippen molar-refractivity contribution in [3.63, 3.8) is 0 Å². The first-order chi connectivity index (χ1) is 11.9. The summed E-state index contributed by atoms with van der Waals surface area (Å²) in [4.78, 5) is 12.9. The Morgan fingerprint density at radius 3 is 1.88 bits per heavy atom. The van der Waals surface area contributed by atoms with Crippen molar-refractivity contribution in [1.82, 2.24) is 0 Å². The van der Waals surface area contributed by atoms with Gasteiger partial charge in [0, 0.05) is 11.1 Å². The molecule has 1 atom stereocenters. The molecule has 0 aliphatic carbocycles. The average Bonchev–Trinajstić information content (AvgIpc) is 2.78. The molecule has 1 heterocycles. The highest BCUT2D eigenvalue weighted by molar-refractivity contribution is 5.90. The van der Waals surface area contributed by atoms with Gasteiger partial charge in [-0.2, -0.15) is 0 Å². The molecule has 1 aliphatic heterocycles. The van der Waals surface area contributed by atoms with Gasteiger partial charge in [-0.3, -0.25) is 4.79 Å². The smallest absolute Gasteiger partial charge is 0.323 e. The predicted molar refractivity (Wildman–Crippen MR) is 107 cm³/mol. The molecule has 0 aromatic heterocycles. The highest BCUT2D eigenvalue weighted by atomic mass is 16.5. The van der Waals surface area contributed by atoms with Crippen LogP contribution in [0.15, 0.2) is 30.3 Å². The van der Waals surface area contributed by atoms with Gasteiger partial charge >= 0.3 is 5.97 Å². The van der Waals surface area contributed by atoms with Gasteiger partial charge in [0.1, 0.15) is 11.7 Å². The number of carbonyl (C=O) groups excluding carboxylic acids is 1. The van der Waals surface area contributed by atoms with Crippen molar-refractivity contribution in [3.05, 3.63) is 63.7 Å². The molecule has 2 aromatic carbocycles. The first kappa shape index (κ1) is 18.7. The van der Waals surface area contributed by atoms with Crippen LogP contribution in [0.25, 0.3) is 0 Å². The van der Waals surface area contributed by atoms with E-state index in [-0.39, 0.29) is 22.7 Å². The Hall–Kier alpha value is -2.09. The summed E-state index contributed by atoms with van der Waals surface area (Å²) in [5.74, 6) is 0.258. The molecular formula is C24H30O2. The maximum atomic E-state index is 12.9. The van der Waals surface area contributed by atoms with Crippen LogP contribution in [0.4, 0.5) is 0 Å². The maximum Gasteiger partial charge on any atom is 0.323 e. The number of ether oxygens (including phenoxy) is 1. The molecule has 26 heavy (non-hydrogen) atoms. The van der Waals surface area contributed by atoms with E-state index in [1.165, 1.54) is 16.7 Å². The number of esters is 1. The first-order valence-electron chi connectivity index (χ1n) is 9.37. The van der Waals surface area contributed by atoms with E-state index in [0.29, 0.717) is 0 Å². The van der Waals surface area contributed by atoms with Crippen LogP contribution in [0.3, 0.4) is 0 Å². The molecule has 0 bridgehead atoms. The summed E-state index contributed by atoms with van der Waals surface area (Å²) < 4.78 is 5.84. The Labute approximate surface area is 157 Å². The summed E-state index contributed by atoms with van der Waals surface area (Å²) in [6.45, 7) is 17.3. The van der Waals surface area contributed by atoms with Gasteiger partial charge in [-0.15, -0.1) is 0 Å². The minimum absolute atomic E-state index is 0.00768. The molecule has 1 aliphatic rings. The van der Waals surface area contributed by atoms with E-state index in [1.807, 2.05) is 0 Å². The summed E-state index contributed by atoms with van der Waals surface area (Å²) in [5.41, 5.74) is 6.65. The Balaban J connectivity index is 2.28. The molecular weight excluding hydrogens is 320 g/mol. The van der Waals surface area contributed by atoms with E-state index in [9.17, 15) is 4.79 Å². The van der Waals surface area contributed by atoms with Gasteiger partial charge in [0.25, 0.3) is 0 Å². The summed E-state index contributed by atoms with van der Waals surface area (Å²) in [7, 11) is 0. The van der Waals surface area contributed by atoms with Crippen molar-refractivity contribution in [1.29, 1.82) is 0 Å². The maximum absolute atomic E-state index is 12.9. The number of benzene rings is 2. The fourth-order valence-electron chi connectivity index (χ4n) is 3.75. The fourth-order valence-corrected chi connectivity index (χ4v) is 3.75. The number of rotatable bonds is 1. The summed E-state index contributed by atoms with van der Waals surface area (Å²) in [6.07, 6.45) is 0. The lowest BCUT2D eigenvalue weighted by atomic mass is 9.77. The molecule has 0 radical (unpaired) electrons. The average molecular weight is 351 g/mol. The third-order valence-corrected chi connectivity index (χ3v) is 5.12. The largest absolute Gasteiger partial charge is 0.425 e. The second-order valence-electron chi connectivity index (χ2n) is 9.72. The summed E-state index contributed by atoms with van der Waals surface area (Å²) >= 11 is 0. The van der Waals surface area contributed by atoms with E-state index in [4.69, 9.17) is 4.74 Å². The van der Waals surface area contributed by atoms with Crippen LogP contribution < -0.4 is 4.74 Å². The lowest BCUT2D eigenvalue weighted by Gasteiger charge is -2.27. The van der Waals surface area contributed by atoms with Gasteiger partial charge < -0.3 is 4.74 Å². The minimum Gasteiger partial charge on any atom is -0.425 e. The van der Waals surface area contributed by atoms with E-state index < -0.39 is 0 Å². The van der Waals surface area contributed by atoms with Crippen LogP contribution in [-0.4, -0.2) is 5.97 Å². The van der Waals surface area contributed by atoms with E-state index in [0.717, 1.165) is 22.4 Å². The third-order valence-electron chi connectivity index (χ3n) is 5.12. The monoisotopic (exact) mass is 350 g/mol. The normalized spacial score (nSPS) is 17.2. The van der Waals surface area contributed by atoms with Crippen molar-refractivity contribution in [3.8, 4) is 5.75 Å². The zero-order valence-corrected chi connectivity index (χ0v) is 17.3. The van der Waals surface area contributed by atoms with Crippen molar-refractivity contribution in [2.75, 3.05) is 0 Å².